The average molecular weight is 178 g/mol. The van der Waals surface area contributed by atoms with Gasteiger partial charge in [-0.15, -0.1) is 0 Å². The summed E-state index contributed by atoms with van der Waals surface area (Å²) in [4.78, 5) is 4.14. The summed E-state index contributed by atoms with van der Waals surface area (Å²) in [6.45, 7) is 3.64. The standard InChI is InChI=1S/C10H14N2O/c1-7-4-9(10(11)5-12-7)8-2-3-13-6-8/h4-5,8H,2-3,6,11H2,1H3. The maximum absolute atomic E-state index is 5.85. The molecule has 0 spiro atoms. The van der Waals surface area contributed by atoms with Crippen LogP contribution in [0.1, 0.15) is 23.6 Å². The van der Waals surface area contributed by atoms with Gasteiger partial charge >= 0.3 is 0 Å². The lowest BCUT2D eigenvalue weighted by Gasteiger charge is -2.11. The normalized spacial score (nSPS) is 22.1. The third-order valence-electron chi connectivity index (χ3n) is 2.47. The van der Waals surface area contributed by atoms with Crippen LogP contribution in [-0.2, 0) is 4.74 Å². The van der Waals surface area contributed by atoms with Crippen molar-refractivity contribution in [2.75, 3.05) is 18.9 Å². The lowest BCUT2D eigenvalue weighted by atomic mass is 9.97. The van der Waals surface area contributed by atoms with Gasteiger partial charge in [-0.3, -0.25) is 4.98 Å². The third-order valence-corrected chi connectivity index (χ3v) is 2.47. The number of hydrogen-bond donors (Lipinski definition) is 1. The van der Waals surface area contributed by atoms with Gasteiger partial charge in [-0.05, 0) is 25.0 Å². The maximum atomic E-state index is 5.85. The number of nitrogens with zero attached hydrogens (tertiary/aromatic N) is 1. The van der Waals surface area contributed by atoms with Gasteiger partial charge in [0.2, 0.25) is 0 Å². The van der Waals surface area contributed by atoms with Crippen molar-refractivity contribution >= 4 is 5.69 Å². The molecule has 1 aromatic rings. The predicted octanol–water partition coefficient (Wildman–Crippen LogP) is 1.48. The van der Waals surface area contributed by atoms with Crippen LogP contribution in [0.15, 0.2) is 12.3 Å². The molecule has 0 aliphatic carbocycles. The monoisotopic (exact) mass is 178 g/mol. The fourth-order valence-corrected chi connectivity index (χ4v) is 1.72. The van der Waals surface area contributed by atoms with Crippen LogP contribution in [0, 0.1) is 6.92 Å². The minimum absolute atomic E-state index is 0.474. The Hall–Kier alpha value is -1.09. The van der Waals surface area contributed by atoms with Crippen molar-refractivity contribution in [2.24, 2.45) is 0 Å². The minimum atomic E-state index is 0.474. The van der Waals surface area contributed by atoms with Gasteiger partial charge in [0, 0.05) is 18.2 Å². The molecule has 2 N–H and O–H groups in total. The highest BCUT2D eigenvalue weighted by atomic mass is 16.5. The molecule has 3 nitrogen and oxygen atoms in total. The van der Waals surface area contributed by atoms with E-state index >= 15 is 0 Å². The molecule has 1 fully saturated rings. The molecule has 2 rings (SSSR count). The van der Waals surface area contributed by atoms with E-state index in [9.17, 15) is 0 Å². The van der Waals surface area contributed by atoms with Gasteiger partial charge in [-0.25, -0.2) is 0 Å². The van der Waals surface area contributed by atoms with E-state index in [1.54, 1.807) is 6.20 Å². The number of pyridine rings is 1. The highest BCUT2D eigenvalue weighted by Crippen LogP contribution is 2.29. The van der Waals surface area contributed by atoms with Crippen LogP contribution in [0.2, 0.25) is 0 Å². The van der Waals surface area contributed by atoms with Crippen molar-refractivity contribution in [3.8, 4) is 0 Å². The summed E-state index contributed by atoms with van der Waals surface area (Å²) in [6, 6.07) is 2.06. The number of aryl methyl sites for hydroxylation is 1. The molecule has 0 saturated carbocycles. The Balaban J connectivity index is 2.32. The number of ether oxygens (including phenoxy) is 1. The number of anilines is 1. The van der Waals surface area contributed by atoms with Crippen molar-refractivity contribution in [3.63, 3.8) is 0 Å². The number of nitrogens with two attached hydrogens (primary N) is 1. The van der Waals surface area contributed by atoms with E-state index in [1.807, 2.05) is 6.92 Å². The molecule has 3 heteroatoms. The van der Waals surface area contributed by atoms with E-state index in [0.717, 1.165) is 31.0 Å². The summed E-state index contributed by atoms with van der Waals surface area (Å²) in [6.07, 6.45) is 2.82. The highest BCUT2D eigenvalue weighted by Gasteiger charge is 2.19. The second-order valence-corrected chi connectivity index (χ2v) is 3.52. The number of aromatic nitrogens is 1. The Morgan fingerprint density at radius 2 is 2.46 bits per heavy atom. The first kappa shape index (κ1) is 8.51. The van der Waals surface area contributed by atoms with Gasteiger partial charge < -0.3 is 10.5 Å². The van der Waals surface area contributed by atoms with Crippen LogP contribution in [0.4, 0.5) is 5.69 Å². The van der Waals surface area contributed by atoms with Crippen LogP contribution in [0.5, 0.6) is 0 Å². The first-order valence-electron chi connectivity index (χ1n) is 4.57. The van der Waals surface area contributed by atoms with Gasteiger partial charge in [0.1, 0.15) is 0 Å². The molecule has 2 heterocycles. The van der Waals surface area contributed by atoms with Crippen molar-refractivity contribution in [1.82, 2.24) is 4.98 Å². The Kier molecular flexibility index (Phi) is 2.19. The SMILES string of the molecule is Cc1cc(C2CCOC2)c(N)cn1. The topological polar surface area (TPSA) is 48.1 Å². The summed E-state index contributed by atoms with van der Waals surface area (Å²) >= 11 is 0. The minimum Gasteiger partial charge on any atom is -0.397 e. The van der Waals surface area contributed by atoms with Crippen LogP contribution in [-0.4, -0.2) is 18.2 Å². The van der Waals surface area contributed by atoms with E-state index in [0.29, 0.717) is 5.92 Å². The summed E-state index contributed by atoms with van der Waals surface area (Å²) in [5.41, 5.74) is 8.87. The Morgan fingerprint density at radius 3 is 3.15 bits per heavy atom. The summed E-state index contributed by atoms with van der Waals surface area (Å²) < 4.78 is 5.33. The summed E-state index contributed by atoms with van der Waals surface area (Å²) in [5, 5.41) is 0. The van der Waals surface area contributed by atoms with Gasteiger partial charge in [0.15, 0.2) is 0 Å². The lowest BCUT2D eigenvalue weighted by molar-refractivity contribution is 0.194. The van der Waals surface area contributed by atoms with Crippen molar-refractivity contribution in [1.29, 1.82) is 0 Å². The quantitative estimate of drug-likeness (QED) is 0.708. The van der Waals surface area contributed by atoms with Gasteiger partial charge in [0.05, 0.1) is 18.5 Å². The molecule has 1 saturated heterocycles. The number of nitrogen functional groups attached to an aromatic ring is 1. The molecule has 70 valence electrons. The van der Waals surface area contributed by atoms with Crippen LogP contribution in [0.25, 0.3) is 0 Å². The number of rotatable bonds is 1. The molecule has 0 radical (unpaired) electrons. The smallest absolute Gasteiger partial charge is 0.0537 e. The van der Waals surface area contributed by atoms with Gasteiger partial charge in [-0.2, -0.15) is 0 Å². The lowest BCUT2D eigenvalue weighted by Crippen LogP contribution is -2.03. The fraction of sp³-hybridized carbons (Fsp3) is 0.500. The Labute approximate surface area is 77.9 Å². The maximum Gasteiger partial charge on any atom is 0.0537 e. The van der Waals surface area contributed by atoms with Crippen molar-refractivity contribution in [3.05, 3.63) is 23.5 Å². The van der Waals surface area contributed by atoms with E-state index in [-0.39, 0.29) is 0 Å². The molecule has 13 heavy (non-hydrogen) atoms. The molecule has 1 aromatic heterocycles. The molecule has 1 atom stereocenters. The first-order valence-corrected chi connectivity index (χ1v) is 4.57. The van der Waals surface area contributed by atoms with E-state index in [1.165, 1.54) is 5.56 Å². The van der Waals surface area contributed by atoms with Crippen molar-refractivity contribution in [2.45, 2.75) is 19.3 Å². The zero-order chi connectivity index (χ0) is 9.26. The average Bonchev–Trinajstić information content (AvgIpc) is 2.61. The molecule has 1 aliphatic rings. The zero-order valence-electron chi connectivity index (χ0n) is 7.79. The third kappa shape index (κ3) is 1.65. The summed E-state index contributed by atoms with van der Waals surface area (Å²) in [7, 11) is 0. The summed E-state index contributed by atoms with van der Waals surface area (Å²) in [5.74, 6) is 0.474. The second-order valence-electron chi connectivity index (χ2n) is 3.52. The first-order chi connectivity index (χ1) is 6.27. The molecule has 0 bridgehead atoms. The number of hydrogen-bond acceptors (Lipinski definition) is 3. The van der Waals surface area contributed by atoms with Gasteiger partial charge in [-0.1, -0.05) is 0 Å². The molecule has 1 aliphatic heterocycles. The van der Waals surface area contributed by atoms with E-state index < -0.39 is 0 Å². The predicted molar refractivity (Wildman–Crippen MR) is 51.6 cm³/mol. The Bertz CT molecular complexity index is 306. The molecule has 1 unspecified atom stereocenters. The molecular formula is C10H14N2O. The Morgan fingerprint density at radius 1 is 1.62 bits per heavy atom. The molecule has 0 amide bonds. The zero-order valence-corrected chi connectivity index (χ0v) is 7.79. The van der Waals surface area contributed by atoms with Crippen LogP contribution < -0.4 is 5.73 Å². The largest absolute Gasteiger partial charge is 0.397 e. The van der Waals surface area contributed by atoms with Gasteiger partial charge in [0.25, 0.3) is 0 Å². The van der Waals surface area contributed by atoms with Crippen LogP contribution in [0.3, 0.4) is 0 Å². The molecular weight excluding hydrogens is 164 g/mol. The fourth-order valence-electron chi connectivity index (χ4n) is 1.72. The van der Waals surface area contributed by atoms with E-state index in [4.69, 9.17) is 10.5 Å². The highest BCUT2D eigenvalue weighted by molar-refractivity contribution is 5.47. The van der Waals surface area contributed by atoms with E-state index in [2.05, 4.69) is 11.1 Å². The van der Waals surface area contributed by atoms with Crippen molar-refractivity contribution < 1.29 is 4.74 Å². The second kappa shape index (κ2) is 3.34. The molecule has 0 aromatic carbocycles. The van der Waals surface area contributed by atoms with Crippen LogP contribution >= 0.6 is 0 Å².